The van der Waals surface area contributed by atoms with Gasteiger partial charge in [-0.1, -0.05) is 66.7 Å². The number of nitrogens with zero attached hydrogens (tertiary/aromatic N) is 1. The smallest absolute Gasteiger partial charge is 0.282 e. The zero-order valence-electron chi connectivity index (χ0n) is 20.1. The van der Waals surface area contributed by atoms with Gasteiger partial charge in [-0.25, -0.2) is 0 Å². The number of nitro groups is 1. The molecule has 4 atom stereocenters. The molecule has 1 aliphatic rings. The second-order valence-corrected chi connectivity index (χ2v) is 9.22. The van der Waals surface area contributed by atoms with E-state index in [0.29, 0.717) is 12.8 Å². The van der Waals surface area contributed by atoms with Gasteiger partial charge in [0, 0.05) is 24.9 Å². The van der Waals surface area contributed by atoms with Crippen LogP contribution >= 0.6 is 0 Å². The molecule has 4 N–H and O–H groups in total. The van der Waals surface area contributed by atoms with Crippen molar-refractivity contribution in [3.05, 3.63) is 111 Å². The van der Waals surface area contributed by atoms with Gasteiger partial charge < -0.3 is 20.8 Å². The van der Waals surface area contributed by atoms with Gasteiger partial charge in [0.25, 0.3) is 11.6 Å². The number of hydrogen-bond donors (Lipinski definition) is 4. The van der Waals surface area contributed by atoms with Gasteiger partial charge in [0.1, 0.15) is 5.56 Å². The first-order chi connectivity index (χ1) is 17.8. The Morgan fingerprint density at radius 3 is 2.43 bits per heavy atom. The van der Waals surface area contributed by atoms with E-state index in [9.17, 15) is 29.9 Å². The quantitative estimate of drug-likeness (QED) is 0.248. The van der Waals surface area contributed by atoms with Crippen LogP contribution in [0.15, 0.2) is 78.9 Å². The summed E-state index contributed by atoms with van der Waals surface area (Å²) >= 11 is 0. The van der Waals surface area contributed by atoms with Crippen LogP contribution in [0, 0.1) is 16.0 Å². The Balaban J connectivity index is 1.43. The monoisotopic (exact) mass is 503 g/mol. The van der Waals surface area contributed by atoms with Crippen molar-refractivity contribution >= 4 is 17.5 Å². The molecule has 0 heterocycles. The molecule has 0 radical (unpaired) electrons. The van der Waals surface area contributed by atoms with Crippen LogP contribution in [0.2, 0.25) is 0 Å². The number of benzene rings is 3. The van der Waals surface area contributed by atoms with Gasteiger partial charge in [-0.3, -0.25) is 19.7 Å². The van der Waals surface area contributed by atoms with E-state index < -0.39 is 35.0 Å². The second kappa shape index (κ2) is 11.8. The zero-order valence-corrected chi connectivity index (χ0v) is 20.1. The molecular weight excluding hydrogens is 474 g/mol. The number of para-hydroxylation sites is 1. The normalized spacial score (nSPS) is 17.9. The summed E-state index contributed by atoms with van der Waals surface area (Å²) < 4.78 is 0. The number of fused-ring (bicyclic) bond motifs is 1. The van der Waals surface area contributed by atoms with E-state index in [1.54, 1.807) is 0 Å². The summed E-state index contributed by atoms with van der Waals surface area (Å²) in [6.07, 6.45) is -0.976. The second-order valence-electron chi connectivity index (χ2n) is 9.22. The van der Waals surface area contributed by atoms with Crippen LogP contribution in [0.5, 0.6) is 0 Å². The molecule has 37 heavy (non-hydrogen) atoms. The fraction of sp³-hybridized carbons (Fsp3) is 0.286. The fourth-order valence-electron chi connectivity index (χ4n) is 4.74. The molecule has 0 aliphatic heterocycles. The van der Waals surface area contributed by atoms with Crippen molar-refractivity contribution in [2.24, 2.45) is 5.92 Å². The van der Waals surface area contributed by atoms with Crippen molar-refractivity contribution in [3.8, 4) is 0 Å². The summed E-state index contributed by atoms with van der Waals surface area (Å²) in [5, 5.41) is 38.0. The molecule has 0 fully saturated rings. The SMILES string of the molecule is O=C(NC[C@@H](O)C[C@@H](Cc1ccccc1)C(=O)N[C@H]1c2ccccc2CC1O)c1ccccc1[N+](=O)[O-]. The topological polar surface area (TPSA) is 142 Å². The summed E-state index contributed by atoms with van der Waals surface area (Å²) in [7, 11) is 0. The molecule has 0 aromatic heterocycles. The first kappa shape index (κ1) is 26.0. The summed E-state index contributed by atoms with van der Waals surface area (Å²) in [6, 6.07) is 22.0. The number of carbonyl (C=O) groups excluding carboxylic acids is 2. The van der Waals surface area contributed by atoms with Crippen LogP contribution in [-0.4, -0.2) is 45.7 Å². The lowest BCUT2D eigenvalue weighted by molar-refractivity contribution is -0.385. The average Bonchev–Trinajstić information content (AvgIpc) is 3.22. The largest absolute Gasteiger partial charge is 0.391 e. The maximum absolute atomic E-state index is 13.4. The Labute approximate surface area is 214 Å². The van der Waals surface area contributed by atoms with Gasteiger partial charge in [-0.2, -0.15) is 0 Å². The standard InChI is InChI=1S/C28H29N3O6/c32-21(17-29-28(35)23-12-6-7-13-24(23)31(36)37)15-20(14-18-8-2-1-3-9-18)27(34)30-26-22-11-5-4-10-19(22)16-25(26)33/h1-13,20-21,25-26,32-33H,14-17H2,(H,29,35)(H,30,34)/t20-,21+,25?,26+/m1/s1. The van der Waals surface area contributed by atoms with E-state index >= 15 is 0 Å². The maximum Gasteiger partial charge on any atom is 0.282 e. The van der Waals surface area contributed by atoms with Crippen LogP contribution in [-0.2, 0) is 17.6 Å². The van der Waals surface area contributed by atoms with Crippen LogP contribution in [0.4, 0.5) is 5.69 Å². The third-order valence-electron chi connectivity index (χ3n) is 6.60. The highest BCUT2D eigenvalue weighted by Crippen LogP contribution is 2.32. The molecule has 9 heteroatoms. The first-order valence-electron chi connectivity index (χ1n) is 12.1. The number of nitro benzene ring substituents is 1. The number of hydrogen-bond acceptors (Lipinski definition) is 6. The van der Waals surface area contributed by atoms with Gasteiger partial charge in [0.15, 0.2) is 0 Å². The Kier molecular flexibility index (Phi) is 8.27. The van der Waals surface area contributed by atoms with E-state index in [0.717, 1.165) is 16.7 Å². The molecule has 4 rings (SSSR count). The van der Waals surface area contributed by atoms with E-state index in [-0.39, 0.29) is 30.1 Å². The molecule has 2 amide bonds. The van der Waals surface area contributed by atoms with Crippen LogP contribution < -0.4 is 10.6 Å². The van der Waals surface area contributed by atoms with Gasteiger partial charge in [0.2, 0.25) is 5.91 Å². The molecule has 192 valence electrons. The number of nitrogens with one attached hydrogen (secondary N) is 2. The minimum absolute atomic E-state index is 0.0440. The molecule has 0 bridgehead atoms. The van der Waals surface area contributed by atoms with E-state index in [2.05, 4.69) is 10.6 Å². The van der Waals surface area contributed by atoms with E-state index in [1.165, 1.54) is 24.3 Å². The predicted octanol–water partition coefficient (Wildman–Crippen LogP) is 2.71. The van der Waals surface area contributed by atoms with Crippen molar-refractivity contribution in [2.45, 2.75) is 37.5 Å². The van der Waals surface area contributed by atoms with Gasteiger partial charge in [-0.05, 0) is 35.6 Å². The molecule has 1 unspecified atom stereocenters. The minimum atomic E-state index is -1.08. The van der Waals surface area contributed by atoms with Crippen molar-refractivity contribution in [1.29, 1.82) is 0 Å². The summed E-state index contributed by atoms with van der Waals surface area (Å²) in [5.74, 6) is -1.63. The van der Waals surface area contributed by atoms with Gasteiger partial charge in [-0.15, -0.1) is 0 Å². The fourth-order valence-corrected chi connectivity index (χ4v) is 4.74. The highest BCUT2D eigenvalue weighted by atomic mass is 16.6. The zero-order chi connectivity index (χ0) is 26.4. The van der Waals surface area contributed by atoms with Crippen molar-refractivity contribution in [3.63, 3.8) is 0 Å². The molecular formula is C28H29N3O6. The summed E-state index contributed by atoms with van der Waals surface area (Å²) in [5.41, 5.74) is 2.33. The van der Waals surface area contributed by atoms with Crippen molar-refractivity contribution < 1.29 is 24.7 Å². The molecule has 1 aliphatic carbocycles. The molecule has 3 aromatic rings. The number of aliphatic hydroxyl groups excluding tert-OH is 2. The van der Waals surface area contributed by atoms with Crippen LogP contribution in [0.1, 0.15) is 39.5 Å². The Hall–Kier alpha value is -4.08. The molecule has 3 aromatic carbocycles. The summed E-state index contributed by atoms with van der Waals surface area (Å²) in [4.78, 5) is 36.5. The van der Waals surface area contributed by atoms with Crippen LogP contribution in [0.3, 0.4) is 0 Å². The number of aliphatic hydroxyl groups is 2. The highest BCUT2D eigenvalue weighted by Gasteiger charge is 2.34. The Morgan fingerprint density at radius 1 is 1.00 bits per heavy atom. The minimum Gasteiger partial charge on any atom is -0.391 e. The van der Waals surface area contributed by atoms with Crippen molar-refractivity contribution in [1.82, 2.24) is 10.6 Å². The molecule has 0 saturated carbocycles. The third-order valence-corrected chi connectivity index (χ3v) is 6.60. The predicted molar refractivity (Wildman–Crippen MR) is 137 cm³/mol. The lowest BCUT2D eigenvalue weighted by Gasteiger charge is -2.24. The number of amides is 2. The first-order valence-corrected chi connectivity index (χ1v) is 12.1. The van der Waals surface area contributed by atoms with E-state index in [4.69, 9.17) is 0 Å². The maximum atomic E-state index is 13.4. The third kappa shape index (κ3) is 6.38. The van der Waals surface area contributed by atoms with Crippen LogP contribution in [0.25, 0.3) is 0 Å². The van der Waals surface area contributed by atoms with Crippen molar-refractivity contribution in [2.75, 3.05) is 6.54 Å². The molecule has 0 saturated heterocycles. The number of rotatable bonds is 10. The number of carbonyl (C=O) groups is 2. The Bertz CT molecular complexity index is 1270. The highest BCUT2D eigenvalue weighted by molar-refractivity contribution is 5.98. The van der Waals surface area contributed by atoms with Gasteiger partial charge in [0.05, 0.1) is 23.2 Å². The summed E-state index contributed by atoms with van der Waals surface area (Å²) in [6.45, 7) is -0.182. The lowest BCUT2D eigenvalue weighted by Crippen LogP contribution is -2.41. The molecule has 9 nitrogen and oxygen atoms in total. The molecule has 0 spiro atoms. The lowest BCUT2D eigenvalue weighted by atomic mass is 9.92. The van der Waals surface area contributed by atoms with Gasteiger partial charge >= 0.3 is 0 Å². The average molecular weight is 504 g/mol. The Morgan fingerprint density at radius 2 is 1.68 bits per heavy atom. The van der Waals surface area contributed by atoms with E-state index in [1.807, 2.05) is 54.6 Å².